The van der Waals surface area contributed by atoms with Crippen LogP contribution in [0.3, 0.4) is 0 Å². The standard InChI is InChI=1S/C24H28N8OS.C19H24N8S/c1-15-10-20(34-21(15)24(33)30(2)3)29-22-23-26-13-19(17-7-9-31(4)27-12-17)32(23)14-18(28-22)16-6-5-8-25-11-16;1-19(2,3)15-7-16(28-25-15)24-17-18-21-9-14(12-8-22-26(4)10-12)27(18)11-13(23-17)5-6-20/h6-7,10,12-14,25H,5,8-9,11H2,1-4H3,(H,28,29);7-11H,5-6,20H2,1-4H3,(H,23,24). The molecule has 0 aliphatic carbocycles. The Morgan fingerprint density at radius 3 is 2.34 bits per heavy atom. The highest BCUT2D eigenvalue weighted by molar-refractivity contribution is 7.18. The Balaban J connectivity index is 0.000000174. The van der Waals surface area contributed by atoms with E-state index in [0.29, 0.717) is 24.6 Å². The van der Waals surface area contributed by atoms with Crippen molar-refractivity contribution in [2.24, 2.45) is 17.9 Å². The number of carbonyl (C=O) groups excluding carboxylic acids is 1. The summed E-state index contributed by atoms with van der Waals surface area (Å²) < 4.78 is 10.5. The van der Waals surface area contributed by atoms with Crippen LogP contribution in [0.4, 0.5) is 21.6 Å². The van der Waals surface area contributed by atoms with Crippen molar-refractivity contribution in [3.05, 3.63) is 94.7 Å². The second-order valence-electron chi connectivity index (χ2n) is 16.5. The van der Waals surface area contributed by atoms with Gasteiger partial charge in [0.2, 0.25) is 0 Å². The summed E-state index contributed by atoms with van der Waals surface area (Å²) in [6.07, 6.45) is 19.5. The van der Waals surface area contributed by atoms with E-state index in [1.807, 2.05) is 73.7 Å². The lowest BCUT2D eigenvalue weighted by Gasteiger charge is -2.17. The number of hydrazone groups is 1. The highest BCUT2D eigenvalue weighted by atomic mass is 32.1. The summed E-state index contributed by atoms with van der Waals surface area (Å²) >= 11 is 2.86. The number of nitrogens with two attached hydrogens (primary N) is 1. The monoisotopic (exact) mass is 872 g/mol. The minimum absolute atomic E-state index is 0.00135. The molecule has 0 aromatic carbocycles. The molecule has 322 valence electrons. The molecule has 0 saturated carbocycles. The van der Waals surface area contributed by atoms with Crippen LogP contribution in [0.1, 0.15) is 65.2 Å². The zero-order valence-corrected chi connectivity index (χ0v) is 37.9. The summed E-state index contributed by atoms with van der Waals surface area (Å²) in [6.45, 7) is 11.4. The van der Waals surface area contributed by atoms with Gasteiger partial charge in [-0.3, -0.25) is 23.3 Å². The van der Waals surface area contributed by atoms with Crippen LogP contribution in [-0.4, -0.2) is 112 Å². The number of anilines is 4. The molecular formula is C43H52N16OS2. The Morgan fingerprint density at radius 1 is 0.952 bits per heavy atom. The van der Waals surface area contributed by atoms with Gasteiger partial charge in [0, 0.05) is 76.3 Å². The van der Waals surface area contributed by atoms with Crippen LogP contribution in [0.2, 0.25) is 0 Å². The quantitative estimate of drug-likeness (QED) is 0.119. The molecule has 1 amide bonds. The number of aromatic nitrogens is 9. The van der Waals surface area contributed by atoms with Crippen LogP contribution in [0.25, 0.3) is 33.7 Å². The fourth-order valence-electron chi connectivity index (χ4n) is 6.98. The van der Waals surface area contributed by atoms with Gasteiger partial charge in [-0.1, -0.05) is 32.9 Å². The Hall–Kier alpha value is -6.28. The Kier molecular flexibility index (Phi) is 12.0. The van der Waals surface area contributed by atoms with Crippen molar-refractivity contribution in [1.29, 1.82) is 0 Å². The predicted molar refractivity (Wildman–Crippen MR) is 250 cm³/mol. The molecule has 0 bridgehead atoms. The summed E-state index contributed by atoms with van der Waals surface area (Å²) in [5, 5.41) is 22.7. The van der Waals surface area contributed by atoms with Crippen molar-refractivity contribution in [1.82, 2.24) is 58.1 Å². The average molecular weight is 873 g/mol. The number of amides is 1. The van der Waals surface area contributed by atoms with Crippen LogP contribution in [0.5, 0.6) is 0 Å². The van der Waals surface area contributed by atoms with Gasteiger partial charge in [0.25, 0.3) is 5.91 Å². The second-order valence-corrected chi connectivity index (χ2v) is 18.4. The van der Waals surface area contributed by atoms with Gasteiger partial charge in [-0.25, -0.2) is 19.9 Å². The smallest absolute Gasteiger partial charge is 0.263 e. The molecule has 62 heavy (non-hydrogen) atoms. The lowest BCUT2D eigenvalue weighted by Crippen LogP contribution is -2.22. The first kappa shape index (κ1) is 42.4. The number of aryl methyl sites for hydroxylation is 2. The van der Waals surface area contributed by atoms with Crippen LogP contribution in [0.15, 0.2) is 66.6 Å². The highest BCUT2D eigenvalue weighted by Gasteiger charge is 2.22. The Bertz CT molecular complexity index is 2850. The predicted octanol–water partition coefficient (Wildman–Crippen LogP) is 6.36. The molecule has 2 aliphatic heterocycles. The van der Waals surface area contributed by atoms with Gasteiger partial charge < -0.3 is 26.6 Å². The van der Waals surface area contributed by atoms with Gasteiger partial charge >= 0.3 is 0 Å². The van der Waals surface area contributed by atoms with E-state index in [9.17, 15) is 4.79 Å². The molecule has 7 aromatic rings. The second kappa shape index (κ2) is 17.6. The molecule has 0 radical (unpaired) electrons. The number of likely N-dealkylation sites (N-methyl/N-ethyl adjacent to an activating group) is 1. The SMILES string of the molecule is Cc1cc(Nc2nc(C3=CCCNC3)cn3c(C4=CCN(C)N=C4)cnc23)sc1C(=O)N(C)C.Cn1cc(-c2cnc3c(Nc4cc(C(C)(C)C)ns4)nc(CCN)cn23)cn1. The normalized spacial score (nSPS) is 14.2. The number of allylic oxidation sites excluding steroid dienone is 1. The Labute approximate surface area is 368 Å². The third-order valence-corrected chi connectivity index (χ3v) is 12.2. The van der Waals surface area contributed by atoms with E-state index < -0.39 is 0 Å². The van der Waals surface area contributed by atoms with Crippen LogP contribution >= 0.6 is 22.9 Å². The summed E-state index contributed by atoms with van der Waals surface area (Å²) in [5.74, 6) is 1.36. The molecule has 0 atom stereocenters. The first-order chi connectivity index (χ1) is 29.7. The van der Waals surface area contributed by atoms with Gasteiger partial charge in [-0.05, 0) is 61.2 Å². The first-order valence-electron chi connectivity index (χ1n) is 20.4. The van der Waals surface area contributed by atoms with Crippen LogP contribution < -0.4 is 21.7 Å². The fourth-order valence-corrected chi connectivity index (χ4v) is 8.90. The molecule has 9 heterocycles. The number of nitrogens with one attached hydrogen (secondary N) is 3. The topological polar surface area (TPSA) is 189 Å². The molecule has 0 spiro atoms. The first-order valence-corrected chi connectivity index (χ1v) is 22.0. The summed E-state index contributed by atoms with van der Waals surface area (Å²) in [5.41, 5.74) is 16.2. The minimum Gasteiger partial charge on any atom is -0.344 e. The lowest BCUT2D eigenvalue weighted by molar-refractivity contribution is 0.0831. The highest BCUT2D eigenvalue weighted by Crippen LogP contribution is 2.34. The molecule has 7 aromatic heterocycles. The molecule has 0 fully saturated rings. The summed E-state index contributed by atoms with van der Waals surface area (Å²) in [6, 6.07) is 4.06. The maximum Gasteiger partial charge on any atom is 0.263 e. The number of thiophene rings is 1. The molecule has 5 N–H and O–H groups in total. The van der Waals surface area contributed by atoms with Gasteiger partial charge in [0.15, 0.2) is 22.9 Å². The molecule has 0 unspecified atom stereocenters. The van der Waals surface area contributed by atoms with Crippen LogP contribution in [-0.2, 0) is 18.9 Å². The number of hydrogen-bond donors (Lipinski definition) is 4. The van der Waals surface area contributed by atoms with Crippen molar-refractivity contribution < 1.29 is 4.79 Å². The van der Waals surface area contributed by atoms with Gasteiger partial charge in [-0.2, -0.15) is 14.6 Å². The van der Waals surface area contributed by atoms with E-state index in [2.05, 4.69) is 85.1 Å². The summed E-state index contributed by atoms with van der Waals surface area (Å²) in [7, 11) is 7.38. The van der Waals surface area contributed by atoms with Crippen LogP contribution in [0, 0.1) is 6.92 Å². The number of carbonyl (C=O) groups is 1. The van der Waals surface area contributed by atoms with Gasteiger partial charge in [0.1, 0.15) is 5.00 Å². The molecule has 19 heteroatoms. The molecule has 0 saturated heterocycles. The van der Waals surface area contributed by atoms with Crippen molar-refractivity contribution >= 4 is 79.1 Å². The van der Waals surface area contributed by atoms with E-state index in [1.165, 1.54) is 22.9 Å². The third-order valence-electron chi connectivity index (χ3n) is 10.3. The maximum absolute atomic E-state index is 12.5. The number of hydrogen-bond acceptors (Lipinski definition) is 15. The lowest BCUT2D eigenvalue weighted by atomic mass is 9.92. The van der Waals surface area contributed by atoms with E-state index in [1.54, 1.807) is 23.7 Å². The van der Waals surface area contributed by atoms with Gasteiger partial charge in [-0.15, -0.1) is 11.3 Å². The number of fused-ring (bicyclic) bond motifs is 2. The number of nitrogens with zero attached hydrogens (tertiary/aromatic N) is 12. The minimum atomic E-state index is -0.00238. The van der Waals surface area contributed by atoms with Gasteiger partial charge in [0.05, 0.1) is 69.7 Å². The van der Waals surface area contributed by atoms with Crippen molar-refractivity contribution in [3.63, 3.8) is 0 Å². The average Bonchev–Trinajstić information content (AvgIpc) is 4.10. The third kappa shape index (κ3) is 9.01. The zero-order chi connectivity index (χ0) is 43.7. The van der Waals surface area contributed by atoms with Crippen molar-refractivity contribution in [2.75, 3.05) is 58.0 Å². The molecule has 9 rings (SSSR count). The molecule has 17 nitrogen and oxygen atoms in total. The maximum atomic E-state index is 12.5. The van der Waals surface area contributed by atoms with Crippen molar-refractivity contribution in [3.8, 4) is 11.3 Å². The molecular weight excluding hydrogens is 821 g/mol. The Morgan fingerprint density at radius 2 is 1.69 bits per heavy atom. The largest absolute Gasteiger partial charge is 0.344 e. The number of rotatable bonds is 10. The van der Waals surface area contributed by atoms with E-state index in [-0.39, 0.29) is 11.3 Å². The number of imidazole rings is 2. The fraction of sp³-hybridized carbons (Fsp3) is 0.349. The van der Waals surface area contributed by atoms with E-state index in [4.69, 9.17) is 20.7 Å². The molecule has 2 aliphatic rings. The van der Waals surface area contributed by atoms with Crippen molar-refractivity contribution in [2.45, 2.75) is 46.0 Å². The summed E-state index contributed by atoms with van der Waals surface area (Å²) in [4.78, 5) is 33.9. The van der Waals surface area contributed by atoms with E-state index in [0.717, 1.165) is 103 Å². The van der Waals surface area contributed by atoms with E-state index >= 15 is 0 Å². The zero-order valence-electron chi connectivity index (χ0n) is 36.3.